The number of halogens is 3. The van der Waals surface area contributed by atoms with E-state index in [-0.39, 0.29) is 23.0 Å². The zero-order valence-electron chi connectivity index (χ0n) is 10.9. The van der Waals surface area contributed by atoms with Crippen LogP contribution in [0.25, 0.3) is 0 Å². The molecule has 0 spiro atoms. The second kappa shape index (κ2) is 5.68. The summed E-state index contributed by atoms with van der Waals surface area (Å²) in [5.41, 5.74) is -3.54. The first-order chi connectivity index (χ1) is 8.08. The Hall–Kier alpha value is -0.450. The molecule has 0 bridgehead atoms. The van der Waals surface area contributed by atoms with Crippen molar-refractivity contribution in [2.75, 3.05) is 0 Å². The SMILES string of the molecule is CC(C)(C)C(=O)CC1=CCC(SC(F)(F)F)CC1. The molecule has 1 atom stereocenters. The van der Waals surface area contributed by atoms with Gasteiger partial charge in [0.15, 0.2) is 0 Å². The maximum atomic E-state index is 12.2. The molecule has 1 rings (SSSR count). The van der Waals surface area contributed by atoms with Crippen molar-refractivity contribution in [3.8, 4) is 0 Å². The fourth-order valence-corrected chi connectivity index (χ4v) is 2.60. The van der Waals surface area contributed by atoms with Crippen LogP contribution in [0, 0.1) is 5.41 Å². The van der Waals surface area contributed by atoms with Crippen molar-refractivity contribution in [2.45, 2.75) is 57.2 Å². The molecule has 1 aliphatic carbocycles. The van der Waals surface area contributed by atoms with Crippen molar-refractivity contribution < 1.29 is 18.0 Å². The molecule has 0 saturated carbocycles. The number of hydrogen-bond donors (Lipinski definition) is 0. The Morgan fingerprint density at radius 1 is 1.39 bits per heavy atom. The topological polar surface area (TPSA) is 17.1 Å². The summed E-state index contributed by atoms with van der Waals surface area (Å²) in [5.74, 6) is 0.149. The minimum absolute atomic E-state index is 0.0746. The number of carbonyl (C=O) groups excluding carboxylic acids is 1. The third-order valence-electron chi connectivity index (χ3n) is 2.98. The molecule has 0 N–H and O–H groups in total. The lowest BCUT2D eigenvalue weighted by molar-refractivity contribution is -0.125. The summed E-state index contributed by atoms with van der Waals surface area (Å²) in [5, 5.41) is -0.390. The summed E-state index contributed by atoms with van der Waals surface area (Å²) in [6.45, 7) is 5.59. The fraction of sp³-hybridized carbons (Fsp3) is 0.769. The fourth-order valence-electron chi connectivity index (χ4n) is 1.79. The Bertz CT molecular complexity index is 339. The monoisotopic (exact) mass is 280 g/mol. The lowest BCUT2D eigenvalue weighted by atomic mass is 9.84. The van der Waals surface area contributed by atoms with Crippen molar-refractivity contribution in [2.24, 2.45) is 5.41 Å². The molecular formula is C13H19F3OS. The number of Topliss-reactive ketones (excluding diaryl/α,β-unsaturated/α-hetero) is 1. The van der Waals surface area contributed by atoms with Crippen LogP contribution in [-0.2, 0) is 4.79 Å². The summed E-state index contributed by atoms with van der Waals surface area (Å²) in [7, 11) is 0. The number of thioether (sulfide) groups is 1. The van der Waals surface area contributed by atoms with Crippen molar-refractivity contribution in [1.29, 1.82) is 0 Å². The third-order valence-corrected chi connectivity index (χ3v) is 4.01. The zero-order chi connectivity index (χ0) is 14.0. The molecule has 104 valence electrons. The van der Waals surface area contributed by atoms with Gasteiger partial charge in [-0.2, -0.15) is 13.2 Å². The van der Waals surface area contributed by atoms with Gasteiger partial charge in [-0.3, -0.25) is 4.79 Å². The van der Waals surface area contributed by atoms with Gasteiger partial charge in [-0.1, -0.05) is 32.4 Å². The summed E-state index contributed by atoms with van der Waals surface area (Å²) in [6, 6.07) is 0. The quantitative estimate of drug-likeness (QED) is 0.696. The number of carbonyl (C=O) groups is 1. The van der Waals surface area contributed by atoms with E-state index >= 15 is 0 Å². The van der Waals surface area contributed by atoms with Crippen LogP contribution in [0.2, 0.25) is 0 Å². The molecular weight excluding hydrogens is 261 g/mol. The Morgan fingerprint density at radius 3 is 2.39 bits per heavy atom. The first-order valence-electron chi connectivity index (χ1n) is 6.03. The Balaban J connectivity index is 2.47. The van der Waals surface area contributed by atoms with Crippen LogP contribution in [-0.4, -0.2) is 16.5 Å². The Kier molecular flexibility index (Phi) is 4.92. The Labute approximate surface area is 110 Å². The van der Waals surface area contributed by atoms with Gasteiger partial charge in [0.2, 0.25) is 0 Å². The van der Waals surface area contributed by atoms with Gasteiger partial charge in [-0.05, 0) is 31.0 Å². The van der Waals surface area contributed by atoms with Gasteiger partial charge in [0, 0.05) is 17.1 Å². The number of allylic oxidation sites excluding steroid dienone is 2. The van der Waals surface area contributed by atoms with Gasteiger partial charge in [0.25, 0.3) is 0 Å². The van der Waals surface area contributed by atoms with Gasteiger partial charge < -0.3 is 0 Å². The van der Waals surface area contributed by atoms with Crippen molar-refractivity contribution in [3.63, 3.8) is 0 Å². The van der Waals surface area contributed by atoms with E-state index in [4.69, 9.17) is 0 Å². The average molecular weight is 280 g/mol. The summed E-state index contributed by atoms with van der Waals surface area (Å²) in [4.78, 5) is 11.8. The Morgan fingerprint density at radius 2 is 2.00 bits per heavy atom. The predicted molar refractivity (Wildman–Crippen MR) is 68.4 cm³/mol. The van der Waals surface area contributed by atoms with E-state index in [1.54, 1.807) is 0 Å². The van der Waals surface area contributed by atoms with Crippen molar-refractivity contribution in [3.05, 3.63) is 11.6 Å². The minimum Gasteiger partial charge on any atom is -0.299 e. The highest BCUT2D eigenvalue weighted by atomic mass is 32.2. The van der Waals surface area contributed by atoms with Gasteiger partial charge in [-0.25, -0.2) is 0 Å². The molecule has 0 aromatic heterocycles. The standard InChI is InChI=1S/C13H19F3OS/c1-12(2,3)11(17)8-9-4-6-10(7-5-9)18-13(14,15)16/h4,10H,5-8H2,1-3H3. The molecule has 1 aliphatic rings. The number of alkyl halides is 3. The maximum Gasteiger partial charge on any atom is 0.442 e. The lowest BCUT2D eigenvalue weighted by Gasteiger charge is -2.24. The first kappa shape index (κ1) is 15.6. The molecule has 0 aliphatic heterocycles. The highest BCUT2D eigenvalue weighted by Gasteiger charge is 2.33. The van der Waals surface area contributed by atoms with Crippen LogP contribution in [0.15, 0.2) is 11.6 Å². The van der Waals surface area contributed by atoms with Crippen molar-refractivity contribution in [1.82, 2.24) is 0 Å². The number of rotatable bonds is 3. The summed E-state index contributed by atoms with van der Waals surface area (Å²) >= 11 is 0.0746. The van der Waals surface area contributed by atoms with E-state index in [0.29, 0.717) is 25.7 Å². The van der Waals surface area contributed by atoms with E-state index in [0.717, 1.165) is 5.57 Å². The van der Waals surface area contributed by atoms with Crippen LogP contribution in [0.3, 0.4) is 0 Å². The van der Waals surface area contributed by atoms with Crippen LogP contribution >= 0.6 is 11.8 Å². The van der Waals surface area contributed by atoms with Crippen LogP contribution in [0.1, 0.15) is 46.5 Å². The van der Waals surface area contributed by atoms with Gasteiger partial charge in [-0.15, -0.1) is 0 Å². The molecule has 0 amide bonds. The van der Waals surface area contributed by atoms with E-state index < -0.39 is 10.8 Å². The zero-order valence-corrected chi connectivity index (χ0v) is 11.8. The van der Waals surface area contributed by atoms with E-state index in [1.807, 2.05) is 26.8 Å². The molecule has 0 radical (unpaired) electrons. The van der Waals surface area contributed by atoms with Gasteiger partial charge >= 0.3 is 5.51 Å². The normalized spacial score (nSPS) is 21.7. The van der Waals surface area contributed by atoms with E-state index in [2.05, 4.69) is 0 Å². The molecule has 0 aromatic carbocycles. The molecule has 18 heavy (non-hydrogen) atoms. The highest BCUT2D eigenvalue weighted by Crippen LogP contribution is 2.40. The summed E-state index contributed by atoms with van der Waals surface area (Å²) in [6.07, 6.45) is 3.73. The number of ketones is 1. The van der Waals surface area contributed by atoms with E-state index in [1.165, 1.54) is 0 Å². The van der Waals surface area contributed by atoms with Gasteiger partial charge in [0.1, 0.15) is 5.78 Å². The molecule has 1 unspecified atom stereocenters. The number of hydrogen-bond acceptors (Lipinski definition) is 2. The molecule has 0 heterocycles. The third kappa shape index (κ3) is 5.46. The average Bonchev–Trinajstić information content (AvgIpc) is 2.17. The smallest absolute Gasteiger partial charge is 0.299 e. The van der Waals surface area contributed by atoms with Crippen LogP contribution < -0.4 is 0 Å². The molecule has 0 aromatic rings. The molecule has 0 saturated heterocycles. The second-order valence-corrected chi connectivity index (χ2v) is 7.04. The van der Waals surface area contributed by atoms with Crippen molar-refractivity contribution >= 4 is 17.5 Å². The molecule has 0 fully saturated rings. The summed E-state index contributed by atoms with van der Waals surface area (Å²) < 4.78 is 36.6. The van der Waals surface area contributed by atoms with Gasteiger partial charge in [0.05, 0.1) is 0 Å². The van der Waals surface area contributed by atoms with Crippen LogP contribution in [0.5, 0.6) is 0 Å². The predicted octanol–water partition coefficient (Wildman–Crippen LogP) is 4.72. The maximum absolute atomic E-state index is 12.2. The minimum atomic E-state index is -4.16. The lowest BCUT2D eigenvalue weighted by Crippen LogP contribution is -2.22. The first-order valence-corrected chi connectivity index (χ1v) is 6.91. The second-order valence-electron chi connectivity index (χ2n) is 5.67. The van der Waals surface area contributed by atoms with Crippen LogP contribution in [0.4, 0.5) is 13.2 Å². The molecule has 5 heteroatoms. The molecule has 1 nitrogen and oxygen atoms in total. The highest BCUT2D eigenvalue weighted by molar-refractivity contribution is 8.00. The largest absolute Gasteiger partial charge is 0.442 e. The van der Waals surface area contributed by atoms with E-state index in [9.17, 15) is 18.0 Å².